The molecule has 128 valence electrons. The molecule has 0 amide bonds. The van der Waals surface area contributed by atoms with Gasteiger partial charge in [-0.3, -0.25) is 9.59 Å². The highest BCUT2D eigenvalue weighted by Gasteiger charge is 2.49. The van der Waals surface area contributed by atoms with Gasteiger partial charge in [-0.1, -0.05) is 6.07 Å². The van der Waals surface area contributed by atoms with E-state index in [2.05, 4.69) is 0 Å². The van der Waals surface area contributed by atoms with Crippen molar-refractivity contribution in [1.82, 2.24) is 0 Å². The van der Waals surface area contributed by atoms with E-state index in [1.54, 1.807) is 18.2 Å². The van der Waals surface area contributed by atoms with Gasteiger partial charge in [0.1, 0.15) is 11.5 Å². The summed E-state index contributed by atoms with van der Waals surface area (Å²) in [7, 11) is 0. The predicted octanol–water partition coefficient (Wildman–Crippen LogP) is 2.26. The lowest BCUT2D eigenvalue weighted by Gasteiger charge is -2.42. The Morgan fingerprint density at radius 1 is 1.21 bits per heavy atom. The first kappa shape index (κ1) is 16.5. The number of ether oxygens (including phenoxy) is 2. The van der Waals surface area contributed by atoms with E-state index in [-0.39, 0.29) is 36.1 Å². The van der Waals surface area contributed by atoms with Gasteiger partial charge < -0.3 is 19.7 Å². The first-order valence-corrected chi connectivity index (χ1v) is 7.77. The molecule has 24 heavy (non-hydrogen) atoms. The number of hydrogen-bond donors (Lipinski definition) is 2. The second kappa shape index (κ2) is 5.63. The molecular weight excluding hydrogens is 312 g/mol. The molecule has 1 aliphatic heterocycles. The van der Waals surface area contributed by atoms with Crippen LogP contribution in [0.5, 0.6) is 11.5 Å². The summed E-state index contributed by atoms with van der Waals surface area (Å²) in [6, 6.07) is 5.12. The van der Waals surface area contributed by atoms with Crippen molar-refractivity contribution in [2.75, 3.05) is 6.79 Å². The van der Waals surface area contributed by atoms with Gasteiger partial charge in [0, 0.05) is 17.9 Å². The van der Waals surface area contributed by atoms with Crippen molar-refractivity contribution in [1.29, 1.82) is 0 Å². The van der Waals surface area contributed by atoms with Gasteiger partial charge in [-0.25, -0.2) is 0 Å². The van der Waals surface area contributed by atoms with Crippen LogP contribution in [0.3, 0.4) is 0 Å². The number of allylic oxidation sites excluding steroid dienone is 1. The fraction of sp³-hybridized carbons (Fsp3) is 0.444. The lowest BCUT2D eigenvalue weighted by molar-refractivity contribution is -0.132. The van der Waals surface area contributed by atoms with Crippen molar-refractivity contribution >= 4 is 11.6 Å². The Hall–Kier alpha value is -2.34. The molecule has 0 spiro atoms. The molecule has 3 rings (SSSR count). The molecular formula is C18H20O6. The highest BCUT2D eigenvalue weighted by atomic mass is 16.7. The summed E-state index contributed by atoms with van der Waals surface area (Å²) in [6.45, 7) is 4.35. The monoisotopic (exact) mass is 332 g/mol. The van der Waals surface area contributed by atoms with Gasteiger partial charge in [-0.2, -0.15) is 0 Å². The van der Waals surface area contributed by atoms with Crippen molar-refractivity contribution < 1.29 is 29.3 Å². The summed E-state index contributed by atoms with van der Waals surface area (Å²) in [5.74, 6) is -1.22. The molecule has 1 aromatic carbocycles. The third kappa shape index (κ3) is 2.57. The molecule has 0 radical (unpaired) electrons. The Kier molecular flexibility index (Phi) is 3.87. The van der Waals surface area contributed by atoms with E-state index < -0.39 is 17.4 Å². The topological polar surface area (TPSA) is 93.1 Å². The number of hydrogen-bond acceptors (Lipinski definition) is 6. The smallest absolute Gasteiger partial charge is 0.231 e. The Labute approximate surface area is 139 Å². The van der Waals surface area contributed by atoms with Gasteiger partial charge in [0.2, 0.25) is 6.79 Å². The van der Waals surface area contributed by atoms with Crippen molar-refractivity contribution in [3.05, 3.63) is 35.1 Å². The quantitative estimate of drug-likeness (QED) is 0.882. The minimum Gasteiger partial charge on any atom is -0.512 e. The van der Waals surface area contributed by atoms with Gasteiger partial charge in [-0.15, -0.1) is 0 Å². The molecule has 2 N–H and O–H groups in total. The van der Waals surface area contributed by atoms with Gasteiger partial charge in [-0.05, 0) is 38.5 Å². The zero-order chi connectivity index (χ0) is 17.6. The van der Waals surface area contributed by atoms with Gasteiger partial charge in [0.05, 0.1) is 11.5 Å². The number of fused-ring (bicyclic) bond motifs is 1. The molecule has 3 unspecified atom stereocenters. The Morgan fingerprint density at radius 3 is 2.50 bits per heavy atom. The van der Waals surface area contributed by atoms with Crippen LogP contribution in [0.2, 0.25) is 0 Å². The third-order valence-electron chi connectivity index (χ3n) is 4.72. The normalized spacial score (nSPS) is 28.8. The maximum atomic E-state index is 12.3. The average Bonchev–Trinajstić information content (AvgIpc) is 2.91. The van der Waals surface area contributed by atoms with Crippen LogP contribution in [-0.2, 0) is 9.59 Å². The van der Waals surface area contributed by atoms with Gasteiger partial charge >= 0.3 is 0 Å². The number of Topliss-reactive ketones (excluding diaryl/α,β-unsaturated/α-hetero) is 2. The van der Waals surface area contributed by atoms with Crippen molar-refractivity contribution in [3.63, 3.8) is 0 Å². The molecule has 0 saturated heterocycles. The molecule has 0 aromatic heterocycles. The summed E-state index contributed by atoms with van der Waals surface area (Å²) in [6.07, 6.45) is -0.132. The maximum Gasteiger partial charge on any atom is 0.231 e. The van der Waals surface area contributed by atoms with Crippen LogP contribution >= 0.6 is 0 Å². The molecule has 6 nitrogen and oxygen atoms in total. The Bertz CT molecular complexity index is 746. The molecule has 2 aliphatic rings. The SMILES string of the molecule is CC(=O)C1=C(O)CC(C)(O)C(C(C)=O)C1c1ccc2c(c1)OCO2. The third-order valence-corrected chi connectivity index (χ3v) is 4.72. The van der Waals surface area contributed by atoms with E-state index in [1.165, 1.54) is 20.8 Å². The largest absolute Gasteiger partial charge is 0.512 e. The molecule has 0 saturated carbocycles. The number of rotatable bonds is 3. The van der Waals surface area contributed by atoms with Crippen molar-refractivity contribution in [2.24, 2.45) is 5.92 Å². The van der Waals surface area contributed by atoms with Gasteiger partial charge in [0.15, 0.2) is 17.3 Å². The highest BCUT2D eigenvalue weighted by Crippen LogP contribution is 2.48. The molecule has 1 aliphatic carbocycles. The van der Waals surface area contributed by atoms with Crippen LogP contribution in [-0.4, -0.2) is 34.2 Å². The zero-order valence-corrected chi connectivity index (χ0v) is 13.8. The minimum absolute atomic E-state index is 0.109. The lowest BCUT2D eigenvalue weighted by Crippen LogP contribution is -2.47. The molecule has 0 fully saturated rings. The number of aliphatic hydroxyl groups excluding tert-OH is 1. The first-order valence-electron chi connectivity index (χ1n) is 7.77. The average molecular weight is 332 g/mol. The van der Waals surface area contributed by atoms with E-state index in [9.17, 15) is 19.8 Å². The summed E-state index contributed by atoms with van der Waals surface area (Å²) in [5.41, 5.74) is -0.660. The maximum absolute atomic E-state index is 12.3. The molecule has 1 heterocycles. The predicted molar refractivity (Wildman–Crippen MR) is 85.1 cm³/mol. The van der Waals surface area contributed by atoms with Crippen LogP contribution in [0.25, 0.3) is 0 Å². The summed E-state index contributed by atoms with van der Waals surface area (Å²) in [5, 5.41) is 21.0. The van der Waals surface area contributed by atoms with E-state index in [0.29, 0.717) is 17.1 Å². The number of ketones is 2. The lowest BCUT2D eigenvalue weighted by atomic mass is 9.64. The van der Waals surface area contributed by atoms with Gasteiger partial charge in [0.25, 0.3) is 0 Å². The Balaban J connectivity index is 2.20. The first-order chi connectivity index (χ1) is 11.2. The Morgan fingerprint density at radius 2 is 1.88 bits per heavy atom. The molecule has 0 bridgehead atoms. The minimum atomic E-state index is -1.45. The second-order valence-electron chi connectivity index (χ2n) is 6.63. The summed E-state index contributed by atoms with van der Waals surface area (Å²) in [4.78, 5) is 24.4. The molecule has 1 aromatic rings. The molecule has 6 heteroatoms. The fourth-order valence-corrected chi connectivity index (χ4v) is 3.81. The van der Waals surface area contributed by atoms with Crippen LogP contribution < -0.4 is 9.47 Å². The van der Waals surface area contributed by atoms with Crippen LogP contribution in [0, 0.1) is 5.92 Å². The summed E-state index contributed by atoms with van der Waals surface area (Å²) >= 11 is 0. The van der Waals surface area contributed by atoms with E-state index >= 15 is 0 Å². The number of carbonyl (C=O) groups is 2. The zero-order valence-electron chi connectivity index (χ0n) is 13.8. The van der Waals surface area contributed by atoms with E-state index in [4.69, 9.17) is 9.47 Å². The van der Waals surface area contributed by atoms with E-state index in [1.807, 2.05) is 0 Å². The van der Waals surface area contributed by atoms with Crippen molar-refractivity contribution in [2.45, 2.75) is 38.7 Å². The highest BCUT2D eigenvalue weighted by molar-refractivity contribution is 5.97. The number of benzene rings is 1. The second-order valence-corrected chi connectivity index (χ2v) is 6.63. The fourth-order valence-electron chi connectivity index (χ4n) is 3.81. The van der Waals surface area contributed by atoms with Crippen LogP contribution in [0.1, 0.15) is 38.7 Å². The number of aliphatic hydroxyl groups is 2. The summed E-state index contributed by atoms with van der Waals surface area (Å²) < 4.78 is 10.7. The van der Waals surface area contributed by atoms with E-state index in [0.717, 1.165) is 0 Å². The van der Waals surface area contributed by atoms with Crippen LogP contribution in [0.15, 0.2) is 29.5 Å². The van der Waals surface area contributed by atoms with Crippen LogP contribution in [0.4, 0.5) is 0 Å². The number of carbonyl (C=O) groups excluding carboxylic acids is 2. The standard InChI is InChI=1S/C18H20O6/c1-9(19)15-12(21)7-18(3,22)17(10(2)20)16(15)11-4-5-13-14(6-11)24-8-23-13/h4-6,16-17,21-22H,7-8H2,1-3H3. The molecule has 3 atom stereocenters. The van der Waals surface area contributed by atoms with Crippen molar-refractivity contribution in [3.8, 4) is 11.5 Å².